The summed E-state index contributed by atoms with van der Waals surface area (Å²) in [4.78, 5) is 16.0. The third-order valence-corrected chi connectivity index (χ3v) is 3.70. The number of amides is 1. The fraction of sp³-hybridized carbons (Fsp3) is 0.429. The van der Waals surface area contributed by atoms with Crippen molar-refractivity contribution in [3.8, 4) is 12.1 Å². The first kappa shape index (κ1) is 16.8. The van der Waals surface area contributed by atoms with Crippen molar-refractivity contribution in [2.45, 2.75) is 31.0 Å². The highest BCUT2D eigenvalue weighted by Crippen LogP contribution is 2.27. The Morgan fingerprint density at radius 2 is 2.00 bits per heavy atom. The van der Waals surface area contributed by atoms with Crippen LogP contribution in [0.5, 0.6) is 0 Å². The summed E-state index contributed by atoms with van der Waals surface area (Å²) in [6, 6.07) is 5.24. The fourth-order valence-corrected chi connectivity index (χ4v) is 2.35. The van der Waals surface area contributed by atoms with Crippen LogP contribution in [-0.4, -0.2) is 22.7 Å². The first-order valence-electron chi connectivity index (χ1n) is 6.44. The predicted octanol–water partition coefficient (Wildman–Crippen LogP) is 1.66. The van der Waals surface area contributed by atoms with Crippen LogP contribution in [0.15, 0.2) is 11.1 Å². The van der Waals surface area contributed by atoms with Crippen LogP contribution in [0.3, 0.4) is 0 Å². The lowest BCUT2D eigenvalue weighted by Crippen LogP contribution is -2.33. The minimum Gasteiger partial charge on any atom is -0.383 e. The van der Waals surface area contributed by atoms with Crippen LogP contribution in [0.4, 0.5) is 5.82 Å². The number of thioether (sulfide) groups is 1. The van der Waals surface area contributed by atoms with Crippen molar-refractivity contribution in [1.29, 1.82) is 10.5 Å². The molecule has 0 fully saturated rings. The zero-order valence-corrected chi connectivity index (χ0v) is 13.0. The average molecular weight is 303 g/mol. The number of hydrogen-bond donors (Lipinski definition) is 2. The van der Waals surface area contributed by atoms with Crippen LogP contribution < -0.4 is 11.1 Å². The molecule has 0 saturated heterocycles. The number of hydrogen-bond acceptors (Lipinski definition) is 6. The summed E-state index contributed by atoms with van der Waals surface area (Å²) >= 11 is 1.15. The number of nitrogens with zero attached hydrogens (tertiary/aromatic N) is 3. The van der Waals surface area contributed by atoms with Gasteiger partial charge < -0.3 is 11.1 Å². The van der Waals surface area contributed by atoms with Gasteiger partial charge in [0.05, 0.1) is 16.4 Å². The Hall–Kier alpha value is -2.25. The molecule has 1 atom stereocenters. The topological polar surface area (TPSA) is 116 Å². The Kier molecular flexibility index (Phi) is 6.01. The maximum absolute atomic E-state index is 11.9. The highest BCUT2D eigenvalue weighted by molar-refractivity contribution is 8.00. The monoisotopic (exact) mass is 303 g/mol. The van der Waals surface area contributed by atoms with Crippen LogP contribution in [0.25, 0.3) is 0 Å². The number of nitrogens with two attached hydrogens (primary N) is 1. The molecule has 0 aliphatic rings. The molecule has 0 unspecified atom stereocenters. The molecular formula is C14H17N5OS. The summed E-state index contributed by atoms with van der Waals surface area (Å²) in [7, 11) is 0. The van der Waals surface area contributed by atoms with Gasteiger partial charge >= 0.3 is 0 Å². The zero-order chi connectivity index (χ0) is 16.0. The summed E-state index contributed by atoms with van der Waals surface area (Å²) in [5, 5.41) is 20.8. The molecule has 0 bridgehead atoms. The van der Waals surface area contributed by atoms with E-state index in [0.717, 1.165) is 11.8 Å². The van der Waals surface area contributed by atoms with Crippen molar-refractivity contribution >= 4 is 23.5 Å². The van der Waals surface area contributed by atoms with Gasteiger partial charge in [-0.25, -0.2) is 4.98 Å². The van der Waals surface area contributed by atoms with E-state index in [-0.39, 0.29) is 22.9 Å². The number of nitrogen functional groups attached to an aromatic ring is 1. The van der Waals surface area contributed by atoms with Gasteiger partial charge in [0, 0.05) is 6.54 Å². The molecule has 0 aliphatic carbocycles. The Labute approximate surface area is 128 Å². The molecule has 0 spiro atoms. The molecule has 1 aromatic heterocycles. The summed E-state index contributed by atoms with van der Waals surface area (Å²) in [5.41, 5.74) is 6.05. The summed E-state index contributed by atoms with van der Waals surface area (Å²) in [5.74, 6) is 0.306. The highest BCUT2D eigenvalue weighted by atomic mass is 32.2. The van der Waals surface area contributed by atoms with E-state index in [4.69, 9.17) is 16.3 Å². The van der Waals surface area contributed by atoms with Crippen molar-refractivity contribution in [1.82, 2.24) is 10.3 Å². The largest absolute Gasteiger partial charge is 0.383 e. The minimum atomic E-state index is -0.407. The number of pyridine rings is 1. The van der Waals surface area contributed by atoms with Crippen molar-refractivity contribution in [3.05, 3.63) is 17.2 Å². The molecule has 1 rings (SSSR count). The van der Waals surface area contributed by atoms with Gasteiger partial charge in [0.2, 0.25) is 5.91 Å². The average Bonchev–Trinajstić information content (AvgIpc) is 2.44. The Morgan fingerprint density at radius 1 is 1.38 bits per heavy atom. The second-order valence-corrected chi connectivity index (χ2v) is 6.23. The molecule has 6 nitrogen and oxygen atoms in total. The SMILES string of the molecule is CC(C)CNC(=O)[C@@H](C)Sc1nc(N)c(C#N)cc1C#N. The molecule has 0 aliphatic heterocycles. The molecule has 0 saturated carbocycles. The Morgan fingerprint density at radius 3 is 2.52 bits per heavy atom. The summed E-state index contributed by atoms with van der Waals surface area (Å²) in [6.07, 6.45) is 0. The van der Waals surface area contributed by atoms with E-state index in [0.29, 0.717) is 17.5 Å². The predicted molar refractivity (Wildman–Crippen MR) is 81.2 cm³/mol. The number of nitriles is 2. The van der Waals surface area contributed by atoms with Crippen molar-refractivity contribution in [3.63, 3.8) is 0 Å². The number of nitrogens with one attached hydrogen (secondary N) is 1. The van der Waals surface area contributed by atoms with Gasteiger partial charge in [0.15, 0.2) is 0 Å². The second-order valence-electron chi connectivity index (χ2n) is 4.90. The molecular weight excluding hydrogens is 286 g/mol. The van der Waals surface area contributed by atoms with Crippen LogP contribution >= 0.6 is 11.8 Å². The summed E-state index contributed by atoms with van der Waals surface area (Å²) < 4.78 is 0. The quantitative estimate of drug-likeness (QED) is 0.799. The van der Waals surface area contributed by atoms with E-state index in [1.54, 1.807) is 6.92 Å². The fourth-order valence-electron chi connectivity index (χ4n) is 1.44. The van der Waals surface area contributed by atoms with Crippen LogP contribution in [0.2, 0.25) is 0 Å². The van der Waals surface area contributed by atoms with Crippen LogP contribution in [0, 0.1) is 28.6 Å². The van der Waals surface area contributed by atoms with E-state index in [1.807, 2.05) is 26.0 Å². The number of anilines is 1. The smallest absolute Gasteiger partial charge is 0.233 e. The lowest BCUT2D eigenvalue weighted by molar-refractivity contribution is -0.120. The number of carbonyl (C=O) groups excluding carboxylic acids is 1. The van der Waals surface area contributed by atoms with Crippen molar-refractivity contribution < 1.29 is 4.79 Å². The molecule has 1 heterocycles. The van der Waals surface area contributed by atoms with Gasteiger partial charge in [0.25, 0.3) is 0 Å². The maximum Gasteiger partial charge on any atom is 0.233 e. The third kappa shape index (κ3) is 4.66. The Bertz CT molecular complexity index is 615. The van der Waals surface area contributed by atoms with Gasteiger partial charge in [-0.15, -0.1) is 0 Å². The lowest BCUT2D eigenvalue weighted by atomic mass is 10.2. The molecule has 110 valence electrons. The Balaban J connectivity index is 2.88. The van der Waals surface area contributed by atoms with Gasteiger partial charge in [0.1, 0.15) is 23.0 Å². The van der Waals surface area contributed by atoms with Crippen LogP contribution in [0.1, 0.15) is 31.9 Å². The van der Waals surface area contributed by atoms with Gasteiger partial charge in [-0.2, -0.15) is 10.5 Å². The molecule has 0 aromatic carbocycles. The standard InChI is InChI=1S/C14H17N5OS/c1-8(2)7-18-13(20)9(3)21-14-11(6-16)4-10(5-15)12(17)19-14/h4,8-9H,7H2,1-3H3,(H2,17,19)(H,18,20)/t9-/m1/s1. The number of rotatable bonds is 5. The molecule has 3 N–H and O–H groups in total. The minimum absolute atomic E-state index is 0.0637. The third-order valence-electron chi connectivity index (χ3n) is 2.60. The van der Waals surface area contributed by atoms with E-state index in [1.165, 1.54) is 6.07 Å². The second kappa shape index (κ2) is 7.51. The normalized spacial score (nSPS) is 11.5. The molecule has 0 radical (unpaired) electrons. The van der Waals surface area contributed by atoms with Gasteiger partial charge in [-0.3, -0.25) is 4.79 Å². The molecule has 1 aromatic rings. The highest BCUT2D eigenvalue weighted by Gasteiger charge is 2.18. The number of carbonyl (C=O) groups is 1. The first-order chi connectivity index (χ1) is 9.88. The number of aromatic nitrogens is 1. The molecule has 7 heteroatoms. The van der Waals surface area contributed by atoms with Crippen LogP contribution in [-0.2, 0) is 4.79 Å². The molecule has 21 heavy (non-hydrogen) atoms. The van der Waals surface area contributed by atoms with E-state index < -0.39 is 5.25 Å². The van der Waals surface area contributed by atoms with Crippen molar-refractivity contribution in [2.75, 3.05) is 12.3 Å². The summed E-state index contributed by atoms with van der Waals surface area (Å²) in [6.45, 7) is 6.35. The van der Waals surface area contributed by atoms with Crippen molar-refractivity contribution in [2.24, 2.45) is 5.92 Å². The van der Waals surface area contributed by atoms with E-state index in [2.05, 4.69) is 10.3 Å². The maximum atomic E-state index is 11.9. The van der Waals surface area contributed by atoms with Gasteiger partial charge in [-0.1, -0.05) is 25.6 Å². The first-order valence-corrected chi connectivity index (χ1v) is 7.32. The van der Waals surface area contributed by atoms with E-state index >= 15 is 0 Å². The van der Waals surface area contributed by atoms with Gasteiger partial charge in [-0.05, 0) is 18.9 Å². The van der Waals surface area contributed by atoms with E-state index in [9.17, 15) is 4.79 Å². The lowest BCUT2D eigenvalue weighted by Gasteiger charge is -2.14. The molecule has 1 amide bonds. The zero-order valence-electron chi connectivity index (χ0n) is 12.2.